The molecule has 1 aromatic rings. The van der Waals surface area contributed by atoms with Crippen molar-refractivity contribution >= 4 is 5.91 Å². The third kappa shape index (κ3) is 2.81. The first-order valence-corrected chi connectivity index (χ1v) is 7.10. The molecule has 1 aliphatic rings. The Hall–Kier alpha value is -1.36. The van der Waals surface area contributed by atoms with Crippen LogP contribution in [0.5, 0.6) is 0 Å². The first kappa shape index (κ1) is 14.1. The molecule has 0 aliphatic carbocycles. The van der Waals surface area contributed by atoms with Gasteiger partial charge < -0.3 is 10.6 Å². The molecule has 0 spiro atoms. The van der Waals surface area contributed by atoms with Crippen molar-refractivity contribution in [3.05, 3.63) is 17.5 Å². The highest BCUT2D eigenvalue weighted by atomic mass is 16.2. The van der Waals surface area contributed by atoms with E-state index >= 15 is 0 Å². The fourth-order valence-electron chi connectivity index (χ4n) is 2.82. The number of carbonyl (C=O) groups excluding carboxylic acids is 1. The number of rotatable bonds is 5. The fourth-order valence-corrected chi connectivity index (χ4v) is 2.82. The molecule has 1 amide bonds. The van der Waals surface area contributed by atoms with Crippen molar-refractivity contribution in [2.24, 2.45) is 7.05 Å². The van der Waals surface area contributed by atoms with Gasteiger partial charge in [0.1, 0.15) is 0 Å². The number of hydrogen-bond acceptors (Lipinski definition) is 3. The molecule has 2 rings (SSSR count). The Balaban J connectivity index is 1.98. The largest absolute Gasteiger partial charge is 0.350 e. The summed E-state index contributed by atoms with van der Waals surface area (Å²) in [6, 6.07) is 0. The molecule has 1 aliphatic heterocycles. The Labute approximate surface area is 114 Å². The maximum absolute atomic E-state index is 12.4. The molecule has 106 valence electrons. The number of carbonyl (C=O) groups is 1. The molecule has 1 fully saturated rings. The number of amides is 1. The highest BCUT2D eigenvalue weighted by Crippen LogP contribution is 2.25. The Bertz CT molecular complexity index is 446. The molecule has 0 aromatic carbocycles. The van der Waals surface area contributed by atoms with Crippen LogP contribution < -0.4 is 10.6 Å². The van der Waals surface area contributed by atoms with Crippen molar-refractivity contribution in [2.75, 3.05) is 6.54 Å². The van der Waals surface area contributed by atoms with Crippen LogP contribution in [0.1, 0.15) is 43.9 Å². The standard InChI is InChI=1S/C14H24N4O/c1-4-6-14(7-5-8-16-14)13(19)15-9-12-10-17-18(3)11(12)2/h10,16H,4-9H2,1-3H3,(H,15,19). The van der Waals surface area contributed by atoms with Crippen LogP contribution in [-0.4, -0.2) is 27.8 Å². The summed E-state index contributed by atoms with van der Waals surface area (Å²) in [4.78, 5) is 12.4. The minimum absolute atomic E-state index is 0.134. The number of aryl methyl sites for hydroxylation is 1. The number of aromatic nitrogens is 2. The van der Waals surface area contributed by atoms with Gasteiger partial charge in [-0.25, -0.2) is 0 Å². The normalized spacial score (nSPS) is 22.7. The van der Waals surface area contributed by atoms with Gasteiger partial charge >= 0.3 is 0 Å². The average molecular weight is 264 g/mol. The lowest BCUT2D eigenvalue weighted by atomic mass is 9.91. The molecule has 0 radical (unpaired) electrons. The van der Waals surface area contributed by atoms with E-state index in [0.717, 1.165) is 43.5 Å². The second kappa shape index (κ2) is 5.74. The van der Waals surface area contributed by atoms with Crippen molar-refractivity contribution in [1.29, 1.82) is 0 Å². The lowest BCUT2D eigenvalue weighted by Gasteiger charge is -2.27. The SMILES string of the molecule is CCCC1(C(=O)NCc2cnn(C)c2C)CCCN1. The lowest BCUT2D eigenvalue weighted by Crippen LogP contribution is -2.53. The molecule has 1 aromatic heterocycles. The minimum Gasteiger partial charge on any atom is -0.350 e. The van der Waals surface area contributed by atoms with Crippen LogP contribution >= 0.6 is 0 Å². The van der Waals surface area contributed by atoms with E-state index in [0.29, 0.717) is 6.54 Å². The molecule has 1 unspecified atom stereocenters. The van der Waals surface area contributed by atoms with Gasteiger partial charge in [-0.1, -0.05) is 13.3 Å². The van der Waals surface area contributed by atoms with Crippen molar-refractivity contribution in [3.8, 4) is 0 Å². The van der Waals surface area contributed by atoms with E-state index in [2.05, 4.69) is 22.7 Å². The molecule has 0 bridgehead atoms. The average Bonchev–Trinajstić information content (AvgIpc) is 2.98. The van der Waals surface area contributed by atoms with Gasteiger partial charge in [-0.15, -0.1) is 0 Å². The Morgan fingerprint density at radius 2 is 2.42 bits per heavy atom. The smallest absolute Gasteiger partial charge is 0.240 e. The molecular formula is C14H24N4O. The summed E-state index contributed by atoms with van der Waals surface area (Å²) in [6.07, 6.45) is 5.78. The molecule has 1 saturated heterocycles. The van der Waals surface area contributed by atoms with Crippen molar-refractivity contribution in [1.82, 2.24) is 20.4 Å². The molecule has 0 saturated carbocycles. The summed E-state index contributed by atoms with van der Waals surface area (Å²) >= 11 is 0. The fraction of sp³-hybridized carbons (Fsp3) is 0.714. The van der Waals surface area contributed by atoms with Crippen LogP contribution in [-0.2, 0) is 18.4 Å². The summed E-state index contributed by atoms with van der Waals surface area (Å²) in [6.45, 7) is 5.65. The first-order chi connectivity index (χ1) is 9.09. The molecule has 2 N–H and O–H groups in total. The van der Waals surface area contributed by atoms with Crippen LogP contribution in [0.2, 0.25) is 0 Å². The zero-order chi connectivity index (χ0) is 13.9. The Morgan fingerprint density at radius 3 is 2.95 bits per heavy atom. The van der Waals surface area contributed by atoms with Crippen molar-refractivity contribution in [2.45, 2.75) is 51.6 Å². The maximum atomic E-state index is 12.4. The van der Waals surface area contributed by atoms with E-state index in [1.54, 1.807) is 0 Å². The molecule has 5 heteroatoms. The van der Waals surface area contributed by atoms with E-state index in [4.69, 9.17) is 0 Å². The summed E-state index contributed by atoms with van der Waals surface area (Å²) in [5, 5.41) is 10.7. The van der Waals surface area contributed by atoms with Gasteiger partial charge in [-0.3, -0.25) is 9.48 Å². The monoisotopic (exact) mass is 264 g/mol. The van der Waals surface area contributed by atoms with Gasteiger partial charge in [0.05, 0.1) is 11.7 Å². The molecule has 19 heavy (non-hydrogen) atoms. The summed E-state index contributed by atoms with van der Waals surface area (Å²) in [7, 11) is 1.91. The molecule has 2 heterocycles. The molecule has 1 atom stereocenters. The van der Waals surface area contributed by atoms with E-state index < -0.39 is 0 Å². The van der Waals surface area contributed by atoms with Gasteiger partial charge in [0.25, 0.3) is 0 Å². The summed E-state index contributed by atoms with van der Waals surface area (Å²) < 4.78 is 1.83. The predicted octanol–water partition coefficient (Wildman–Crippen LogP) is 1.27. The van der Waals surface area contributed by atoms with E-state index in [1.165, 1.54) is 0 Å². The van der Waals surface area contributed by atoms with Crippen molar-refractivity contribution in [3.63, 3.8) is 0 Å². The Kier molecular flexibility index (Phi) is 4.24. The van der Waals surface area contributed by atoms with E-state index in [-0.39, 0.29) is 11.4 Å². The second-order valence-corrected chi connectivity index (χ2v) is 5.42. The number of nitrogens with one attached hydrogen (secondary N) is 2. The van der Waals surface area contributed by atoms with Crippen LogP contribution in [0, 0.1) is 6.92 Å². The van der Waals surface area contributed by atoms with Gasteiger partial charge in [0.15, 0.2) is 0 Å². The van der Waals surface area contributed by atoms with Gasteiger partial charge in [0, 0.05) is 24.8 Å². The quantitative estimate of drug-likeness (QED) is 0.842. The maximum Gasteiger partial charge on any atom is 0.240 e. The van der Waals surface area contributed by atoms with Crippen LogP contribution in [0.15, 0.2) is 6.20 Å². The third-order valence-corrected chi connectivity index (χ3v) is 4.13. The highest BCUT2D eigenvalue weighted by Gasteiger charge is 2.39. The number of hydrogen-bond donors (Lipinski definition) is 2. The zero-order valence-electron chi connectivity index (χ0n) is 12.1. The zero-order valence-corrected chi connectivity index (χ0v) is 12.1. The van der Waals surface area contributed by atoms with Crippen LogP contribution in [0.3, 0.4) is 0 Å². The summed E-state index contributed by atoms with van der Waals surface area (Å²) in [5.41, 5.74) is 1.84. The van der Waals surface area contributed by atoms with Crippen LogP contribution in [0.4, 0.5) is 0 Å². The van der Waals surface area contributed by atoms with Gasteiger partial charge in [-0.2, -0.15) is 5.10 Å². The van der Waals surface area contributed by atoms with E-state index in [1.807, 2.05) is 24.9 Å². The van der Waals surface area contributed by atoms with Crippen LogP contribution in [0.25, 0.3) is 0 Å². The molecular weight excluding hydrogens is 240 g/mol. The van der Waals surface area contributed by atoms with Gasteiger partial charge in [0.2, 0.25) is 5.91 Å². The van der Waals surface area contributed by atoms with E-state index in [9.17, 15) is 4.79 Å². The van der Waals surface area contributed by atoms with Crippen molar-refractivity contribution < 1.29 is 4.79 Å². The highest BCUT2D eigenvalue weighted by molar-refractivity contribution is 5.86. The summed E-state index contributed by atoms with van der Waals surface area (Å²) in [5.74, 6) is 0.134. The first-order valence-electron chi connectivity index (χ1n) is 7.10. The third-order valence-electron chi connectivity index (χ3n) is 4.13. The lowest BCUT2D eigenvalue weighted by molar-refractivity contribution is -0.127. The predicted molar refractivity (Wildman–Crippen MR) is 74.7 cm³/mol. The molecule has 5 nitrogen and oxygen atoms in total. The number of nitrogens with zero attached hydrogens (tertiary/aromatic N) is 2. The Morgan fingerprint density at radius 1 is 1.63 bits per heavy atom. The minimum atomic E-state index is -0.342. The van der Waals surface area contributed by atoms with Gasteiger partial charge in [-0.05, 0) is 32.7 Å². The topological polar surface area (TPSA) is 59.0 Å². The second-order valence-electron chi connectivity index (χ2n) is 5.42.